The van der Waals surface area contributed by atoms with E-state index in [4.69, 9.17) is 4.74 Å². The Morgan fingerprint density at radius 2 is 1.79 bits per heavy atom. The molecular weight excluding hydrogens is 376 g/mol. The van der Waals surface area contributed by atoms with Gasteiger partial charge in [0.05, 0.1) is 17.6 Å². The molecule has 6 nitrogen and oxygen atoms in total. The highest BCUT2D eigenvalue weighted by Gasteiger charge is 2.17. The maximum atomic E-state index is 12.7. The van der Waals surface area contributed by atoms with Crippen molar-refractivity contribution < 1.29 is 17.9 Å². The molecule has 2 aromatic rings. The maximum Gasteiger partial charge on any atom is 0.251 e. The summed E-state index contributed by atoms with van der Waals surface area (Å²) in [5.74, 6) is -0.314. The van der Waals surface area contributed by atoms with Gasteiger partial charge in [0.1, 0.15) is 0 Å². The number of hydrogen-bond donors (Lipinski definition) is 2. The van der Waals surface area contributed by atoms with Gasteiger partial charge in [-0.05, 0) is 49.6 Å². The Hall–Kier alpha value is -2.22. The molecule has 0 saturated carbocycles. The number of sulfonamides is 1. The van der Waals surface area contributed by atoms with E-state index in [0.29, 0.717) is 24.3 Å². The van der Waals surface area contributed by atoms with Gasteiger partial charge in [0.2, 0.25) is 10.0 Å². The van der Waals surface area contributed by atoms with Crippen LogP contribution in [0.25, 0.3) is 0 Å². The van der Waals surface area contributed by atoms with Crippen LogP contribution < -0.4 is 10.0 Å². The highest BCUT2D eigenvalue weighted by atomic mass is 32.2. The Morgan fingerprint density at radius 3 is 2.43 bits per heavy atom. The van der Waals surface area contributed by atoms with Crippen LogP contribution in [0.5, 0.6) is 0 Å². The summed E-state index contributed by atoms with van der Waals surface area (Å²) in [6.07, 6.45) is 0.117. The molecule has 0 atom stereocenters. The van der Waals surface area contributed by atoms with E-state index >= 15 is 0 Å². The van der Waals surface area contributed by atoms with Gasteiger partial charge in [0, 0.05) is 18.7 Å². The third kappa shape index (κ3) is 5.89. The molecular formula is C21H28N2O4S. The third-order valence-electron chi connectivity index (χ3n) is 4.23. The van der Waals surface area contributed by atoms with E-state index in [0.717, 1.165) is 11.1 Å². The molecule has 28 heavy (non-hydrogen) atoms. The molecule has 1 amide bonds. The minimum atomic E-state index is -3.62. The van der Waals surface area contributed by atoms with Crippen molar-refractivity contribution in [3.05, 3.63) is 64.7 Å². The zero-order chi connectivity index (χ0) is 20.7. The molecule has 0 aliphatic rings. The Labute approximate surface area is 167 Å². The number of nitrogens with one attached hydrogen (secondary N) is 2. The predicted molar refractivity (Wildman–Crippen MR) is 110 cm³/mol. The van der Waals surface area contributed by atoms with Crippen molar-refractivity contribution in [3.8, 4) is 0 Å². The van der Waals surface area contributed by atoms with Crippen LogP contribution in [0.2, 0.25) is 0 Å². The lowest BCUT2D eigenvalue weighted by Crippen LogP contribution is -2.26. The fourth-order valence-electron chi connectivity index (χ4n) is 2.68. The van der Waals surface area contributed by atoms with Crippen LogP contribution in [0.3, 0.4) is 0 Å². The minimum absolute atomic E-state index is 0.0795. The van der Waals surface area contributed by atoms with Gasteiger partial charge < -0.3 is 10.1 Å². The van der Waals surface area contributed by atoms with E-state index in [2.05, 4.69) is 10.0 Å². The first-order chi connectivity index (χ1) is 13.2. The number of amides is 1. The van der Waals surface area contributed by atoms with Crippen LogP contribution in [0.1, 0.15) is 47.8 Å². The summed E-state index contributed by atoms with van der Waals surface area (Å²) >= 11 is 0. The van der Waals surface area contributed by atoms with Gasteiger partial charge in [-0.3, -0.25) is 4.79 Å². The van der Waals surface area contributed by atoms with Gasteiger partial charge in [0.25, 0.3) is 5.91 Å². The number of rotatable bonds is 9. The number of carbonyl (C=O) groups excluding carboxylic acids is 1. The van der Waals surface area contributed by atoms with Gasteiger partial charge in [-0.1, -0.05) is 37.3 Å². The minimum Gasteiger partial charge on any atom is -0.374 e. The van der Waals surface area contributed by atoms with Gasteiger partial charge >= 0.3 is 0 Å². The van der Waals surface area contributed by atoms with Crippen molar-refractivity contribution >= 4 is 15.9 Å². The largest absolute Gasteiger partial charge is 0.374 e. The quantitative estimate of drug-likeness (QED) is 0.672. The fraction of sp³-hybridized carbons (Fsp3) is 0.381. The molecule has 0 saturated heterocycles. The van der Waals surface area contributed by atoms with Crippen molar-refractivity contribution in [2.24, 2.45) is 0 Å². The second-order valence-electron chi connectivity index (χ2n) is 6.79. The number of hydrogen-bond acceptors (Lipinski definition) is 4. The average molecular weight is 405 g/mol. The molecule has 0 fully saturated rings. The SMILES string of the molecule is CCNS(=O)(=O)c1ccc(C)c(C(=O)NCc2ccccc2COC(C)C)c1. The lowest BCUT2D eigenvalue weighted by atomic mass is 10.1. The standard InChI is InChI=1S/C21H28N2O4S/c1-5-23-28(25,26)19-11-10-16(4)20(12-19)21(24)22-13-17-8-6-7-9-18(17)14-27-15(2)3/h6-12,15,23H,5,13-14H2,1-4H3,(H,22,24). The Kier molecular flexibility index (Phi) is 7.74. The number of benzene rings is 2. The van der Waals surface area contributed by atoms with E-state index in [1.54, 1.807) is 19.9 Å². The van der Waals surface area contributed by atoms with Gasteiger partial charge in [-0.2, -0.15) is 0 Å². The zero-order valence-corrected chi connectivity index (χ0v) is 17.6. The summed E-state index contributed by atoms with van der Waals surface area (Å²) in [5, 5.41) is 2.89. The van der Waals surface area contributed by atoms with Crippen LogP contribution in [0.15, 0.2) is 47.4 Å². The summed E-state index contributed by atoms with van der Waals surface area (Å²) in [7, 11) is -3.62. The summed E-state index contributed by atoms with van der Waals surface area (Å²) < 4.78 is 32.5. The Balaban J connectivity index is 2.16. The molecule has 0 bridgehead atoms. The Bertz CT molecular complexity index is 924. The van der Waals surface area contributed by atoms with E-state index in [1.807, 2.05) is 38.1 Å². The number of aryl methyl sites for hydroxylation is 1. The zero-order valence-electron chi connectivity index (χ0n) is 16.8. The number of ether oxygens (including phenoxy) is 1. The molecule has 2 aromatic carbocycles. The van der Waals surface area contributed by atoms with Crippen LogP contribution in [-0.2, 0) is 27.9 Å². The predicted octanol–water partition coefficient (Wildman–Crippen LogP) is 3.15. The van der Waals surface area contributed by atoms with Gasteiger partial charge in [-0.25, -0.2) is 13.1 Å². The molecule has 0 aromatic heterocycles. The van der Waals surface area contributed by atoms with Crippen molar-refractivity contribution in [2.75, 3.05) is 6.54 Å². The molecule has 0 aliphatic heterocycles. The summed E-state index contributed by atoms with van der Waals surface area (Å²) in [4.78, 5) is 12.8. The maximum absolute atomic E-state index is 12.7. The first-order valence-corrected chi connectivity index (χ1v) is 10.8. The fourth-order valence-corrected chi connectivity index (χ4v) is 3.75. The van der Waals surface area contributed by atoms with E-state index in [1.165, 1.54) is 12.1 Å². The Morgan fingerprint density at radius 1 is 1.11 bits per heavy atom. The van der Waals surface area contributed by atoms with Crippen molar-refractivity contribution in [1.82, 2.24) is 10.0 Å². The molecule has 0 unspecified atom stereocenters. The first-order valence-electron chi connectivity index (χ1n) is 9.31. The summed E-state index contributed by atoms with van der Waals surface area (Å²) in [5.41, 5.74) is 3.03. The molecule has 152 valence electrons. The van der Waals surface area contributed by atoms with Crippen LogP contribution >= 0.6 is 0 Å². The number of carbonyl (C=O) groups is 1. The van der Waals surface area contributed by atoms with Crippen molar-refractivity contribution in [2.45, 2.75) is 51.8 Å². The molecule has 0 radical (unpaired) electrons. The normalized spacial score (nSPS) is 11.6. The molecule has 0 heterocycles. The molecule has 0 aliphatic carbocycles. The van der Waals surface area contributed by atoms with Crippen LogP contribution in [0.4, 0.5) is 0 Å². The van der Waals surface area contributed by atoms with Gasteiger partial charge in [-0.15, -0.1) is 0 Å². The highest BCUT2D eigenvalue weighted by Crippen LogP contribution is 2.17. The summed E-state index contributed by atoms with van der Waals surface area (Å²) in [6.45, 7) is 8.53. The van der Waals surface area contributed by atoms with E-state index < -0.39 is 10.0 Å². The lowest BCUT2D eigenvalue weighted by Gasteiger charge is -2.14. The van der Waals surface area contributed by atoms with E-state index in [9.17, 15) is 13.2 Å². The second kappa shape index (κ2) is 9.82. The van der Waals surface area contributed by atoms with Crippen molar-refractivity contribution in [1.29, 1.82) is 0 Å². The summed E-state index contributed by atoms with van der Waals surface area (Å²) in [6, 6.07) is 12.3. The topological polar surface area (TPSA) is 84.5 Å². The second-order valence-corrected chi connectivity index (χ2v) is 8.56. The first kappa shape index (κ1) is 22.1. The third-order valence-corrected chi connectivity index (χ3v) is 5.77. The average Bonchev–Trinajstić information content (AvgIpc) is 2.65. The van der Waals surface area contributed by atoms with Crippen molar-refractivity contribution in [3.63, 3.8) is 0 Å². The van der Waals surface area contributed by atoms with Crippen LogP contribution in [0, 0.1) is 6.92 Å². The molecule has 7 heteroatoms. The van der Waals surface area contributed by atoms with Crippen LogP contribution in [-0.4, -0.2) is 27.0 Å². The molecule has 2 rings (SSSR count). The lowest BCUT2D eigenvalue weighted by molar-refractivity contribution is 0.0651. The highest BCUT2D eigenvalue weighted by molar-refractivity contribution is 7.89. The smallest absolute Gasteiger partial charge is 0.251 e. The monoisotopic (exact) mass is 404 g/mol. The molecule has 2 N–H and O–H groups in total. The van der Waals surface area contributed by atoms with Gasteiger partial charge in [0.15, 0.2) is 0 Å². The molecule has 0 spiro atoms. The van der Waals surface area contributed by atoms with E-state index in [-0.39, 0.29) is 23.5 Å².